The second-order valence-corrected chi connectivity index (χ2v) is 4.47. The Morgan fingerprint density at radius 1 is 1.47 bits per heavy atom. The molecular weight excluding hydrogens is 288 g/mol. The van der Waals surface area contributed by atoms with Gasteiger partial charge in [-0.25, -0.2) is 4.98 Å². The Bertz CT molecular complexity index is 435. The Kier molecular flexibility index (Phi) is 5.09. The van der Waals surface area contributed by atoms with Gasteiger partial charge < -0.3 is 10.4 Å². The van der Waals surface area contributed by atoms with Crippen LogP contribution in [-0.2, 0) is 9.59 Å². The molecule has 1 amide bonds. The number of hydrogen-bond donors (Lipinski definition) is 2. The number of amides is 1. The van der Waals surface area contributed by atoms with Gasteiger partial charge >= 0.3 is 5.97 Å². The smallest absolute Gasteiger partial charge is 0.303 e. The highest BCUT2D eigenvalue weighted by Gasteiger charge is 2.06. The van der Waals surface area contributed by atoms with E-state index in [-0.39, 0.29) is 18.7 Å². The van der Waals surface area contributed by atoms with Crippen molar-refractivity contribution in [3.63, 3.8) is 0 Å². The van der Waals surface area contributed by atoms with E-state index in [1.54, 1.807) is 12.3 Å². The second kappa shape index (κ2) is 6.34. The number of carboxylic acids is 1. The Morgan fingerprint density at radius 2 is 2.18 bits per heavy atom. The van der Waals surface area contributed by atoms with Gasteiger partial charge in [-0.15, -0.1) is 0 Å². The number of aromatic nitrogens is 1. The molecule has 1 aromatic rings. The summed E-state index contributed by atoms with van der Waals surface area (Å²) in [5.41, 5.74) is 0.973. The minimum Gasteiger partial charge on any atom is -0.481 e. The maximum Gasteiger partial charge on any atom is 0.303 e. The van der Waals surface area contributed by atoms with Crippen LogP contribution < -0.4 is 5.32 Å². The van der Waals surface area contributed by atoms with Crippen molar-refractivity contribution in [3.05, 3.63) is 22.3 Å². The van der Waals surface area contributed by atoms with E-state index >= 15 is 0 Å². The molecule has 0 bridgehead atoms. The van der Waals surface area contributed by atoms with Gasteiger partial charge in [0.25, 0.3) is 0 Å². The van der Waals surface area contributed by atoms with Gasteiger partial charge in [-0.05, 0) is 40.9 Å². The van der Waals surface area contributed by atoms with Gasteiger partial charge in [0.2, 0.25) is 5.91 Å². The van der Waals surface area contributed by atoms with Crippen molar-refractivity contribution < 1.29 is 14.7 Å². The fourth-order valence-corrected chi connectivity index (χ4v) is 1.43. The fourth-order valence-electron chi connectivity index (χ4n) is 1.21. The first kappa shape index (κ1) is 13.6. The summed E-state index contributed by atoms with van der Waals surface area (Å²) in [6.07, 6.45) is 2.13. The monoisotopic (exact) mass is 300 g/mol. The van der Waals surface area contributed by atoms with Gasteiger partial charge in [0.1, 0.15) is 5.82 Å². The number of nitrogens with zero attached hydrogens (tertiary/aromatic N) is 1. The zero-order chi connectivity index (χ0) is 12.8. The SMILES string of the molecule is Cc1cc(NC(=O)CCCC(=O)O)ncc1Br. The highest BCUT2D eigenvalue weighted by molar-refractivity contribution is 9.10. The van der Waals surface area contributed by atoms with Gasteiger partial charge in [0.15, 0.2) is 0 Å². The number of nitrogens with one attached hydrogen (secondary N) is 1. The third-order valence-corrected chi connectivity index (χ3v) is 2.94. The zero-order valence-electron chi connectivity index (χ0n) is 9.36. The van der Waals surface area contributed by atoms with Gasteiger partial charge in [0, 0.05) is 23.5 Å². The number of anilines is 1. The highest BCUT2D eigenvalue weighted by atomic mass is 79.9. The van der Waals surface area contributed by atoms with E-state index in [4.69, 9.17) is 5.11 Å². The van der Waals surface area contributed by atoms with Crippen molar-refractivity contribution in [3.8, 4) is 0 Å². The third kappa shape index (κ3) is 4.95. The van der Waals surface area contributed by atoms with Crippen molar-refractivity contribution in [2.24, 2.45) is 0 Å². The Labute approximate surface area is 107 Å². The molecule has 0 aliphatic carbocycles. The van der Waals surface area contributed by atoms with Crippen LogP contribution in [0.25, 0.3) is 0 Å². The Balaban J connectivity index is 2.45. The van der Waals surface area contributed by atoms with Crippen molar-refractivity contribution in [1.29, 1.82) is 0 Å². The topological polar surface area (TPSA) is 79.3 Å². The highest BCUT2D eigenvalue weighted by Crippen LogP contribution is 2.17. The second-order valence-electron chi connectivity index (χ2n) is 3.61. The van der Waals surface area contributed by atoms with E-state index in [0.717, 1.165) is 10.0 Å². The standard InChI is InChI=1S/C11H13BrN2O3/c1-7-5-9(13-6-8(7)12)14-10(15)3-2-4-11(16)17/h5-6H,2-4H2,1H3,(H,16,17)(H,13,14,15). The molecule has 0 saturated carbocycles. The number of halogens is 1. The van der Waals surface area contributed by atoms with Crippen LogP contribution in [0.5, 0.6) is 0 Å². The zero-order valence-corrected chi connectivity index (χ0v) is 11.0. The number of carbonyl (C=O) groups is 2. The van der Waals surface area contributed by atoms with Crippen LogP contribution in [0.3, 0.4) is 0 Å². The third-order valence-electron chi connectivity index (χ3n) is 2.11. The van der Waals surface area contributed by atoms with Crippen molar-refractivity contribution in [2.75, 3.05) is 5.32 Å². The first-order chi connectivity index (χ1) is 7.99. The fraction of sp³-hybridized carbons (Fsp3) is 0.364. The molecule has 0 aliphatic rings. The molecule has 1 heterocycles. The first-order valence-corrected chi connectivity index (χ1v) is 5.92. The molecule has 5 nitrogen and oxygen atoms in total. The first-order valence-electron chi connectivity index (χ1n) is 5.13. The lowest BCUT2D eigenvalue weighted by molar-refractivity contribution is -0.137. The lowest BCUT2D eigenvalue weighted by Crippen LogP contribution is -2.13. The minimum absolute atomic E-state index is 0.000212. The number of aliphatic carboxylic acids is 1. The largest absolute Gasteiger partial charge is 0.481 e. The van der Waals surface area contributed by atoms with Crippen LogP contribution in [0, 0.1) is 6.92 Å². The lowest BCUT2D eigenvalue weighted by atomic mass is 10.2. The van der Waals surface area contributed by atoms with Crippen molar-refractivity contribution in [1.82, 2.24) is 4.98 Å². The predicted molar refractivity (Wildman–Crippen MR) is 66.8 cm³/mol. The van der Waals surface area contributed by atoms with E-state index in [1.807, 2.05) is 6.92 Å². The average Bonchev–Trinajstić information content (AvgIpc) is 2.23. The molecule has 0 saturated heterocycles. The van der Waals surface area contributed by atoms with E-state index in [9.17, 15) is 9.59 Å². The minimum atomic E-state index is -0.893. The van der Waals surface area contributed by atoms with Gasteiger partial charge in [-0.2, -0.15) is 0 Å². The summed E-state index contributed by atoms with van der Waals surface area (Å²) >= 11 is 3.31. The molecular formula is C11H13BrN2O3. The van der Waals surface area contributed by atoms with Gasteiger partial charge in [0.05, 0.1) is 0 Å². The summed E-state index contributed by atoms with van der Waals surface area (Å²) in [6, 6.07) is 1.75. The van der Waals surface area contributed by atoms with E-state index in [2.05, 4.69) is 26.2 Å². The van der Waals surface area contributed by atoms with E-state index < -0.39 is 5.97 Å². The number of rotatable bonds is 5. The van der Waals surface area contributed by atoms with Gasteiger partial charge in [-0.1, -0.05) is 0 Å². The maximum absolute atomic E-state index is 11.4. The summed E-state index contributed by atoms with van der Waals surface area (Å²) in [7, 11) is 0. The lowest BCUT2D eigenvalue weighted by Gasteiger charge is -2.05. The molecule has 1 aromatic heterocycles. The van der Waals surface area contributed by atoms with Crippen LogP contribution in [0.15, 0.2) is 16.7 Å². The molecule has 0 fully saturated rings. The molecule has 0 spiro atoms. The molecule has 0 aromatic carbocycles. The van der Waals surface area contributed by atoms with Crippen LogP contribution in [-0.4, -0.2) is 22.0 Å². The summed E-state index contributed by atoms with van der Waals surface area (Å²) in [5, 5.41) is 11.1. The summed E-state index contributed by atoms with van der Waals surface area (Å²) in [6.45, 7) is 1.89. The average molecular weight is 301 g/mol. The molecule has 1 rings (SSSR count). The van der Waals surface area contributed by atoms with Crippen LogP contribution in [0.4, 0.5) is 5.82 Å². The summed E-state index contributed by atoms with van der Waals surface area (Å²) in [5.74, 6) is -0.637. The molecule has 0 radical (unpaired) electrons. The van der Waals surface area contributed by atoms with Crippen LogP contribution >= 0.6 is 15.9 Å². The summed E-state index contributed by atoms with van der Waals surface area (Å²) < 4.78 is 0.876. The van der Waals surface area contributed by atoms with Crippen molar-refractivity contribution in [2.45, 2.75) is 26.2 Å². The van der Waals surface area contributed by atoms with Crippen LogP contribution in [0.1, 0.15) is 24.8 Å². The number of hydrogen-bond acceptors (Lipinski definition) is 3. The van der Waals surface area contributed by atoms with E-state index in [0.29, 0.717) is 12.2 Å². The molecule has 92 valence electrons. The number of carboxylic acid groups (broad SMARTS) is 1. The molecule has 0 aliphatic heterocycles. The molecule has 0 unspecified atom stereocenters. The number of carbonyl (C=O) groups excluding carboxylic acids is 1. The van der Waals surface area contributed by atoms with E-state index in [1.165, 1.54) is 0 Å². The molecule has 17 heavy (non-hydrogen) atoms. The number of aryl methyl sites for hydroxylation is 1. The predicted octanol–water partition coefficient (Wildman–Crippen LogP) is 2.35. The quantitative estimate of drug-likeness (QED) is 0.875. The molecule has 2 N–H and O–H groups in total. The molecule has 6 heteroatoms. The normalized spacial score (nSPS) is 10.0. The Morgan fingerprint density at radius 3 is 2.76 bits per heavy atom. The van der Waals surface area contributed by atoms with Crippen molar-refractivity contribution >= 4 is 33.6 Å². The number of pyridine rings is 1. The molecule has 0 atom stereocenters. The van der Waals surface area contributed by atoms with Crippen LogP contribution in [0.2, 0.25) is 0 Å². The maximum atomic E-state index is 11.4. The summed E-state index contributed by atoms with van der Waals surface area (Å²) in [4.78, 5) is 25.7. The Hall–Kier alpha value is -1.43. The van der Waals surface area contributed by atoms with Gasteiger partial charge in [-0.3, -0.25) is 9.59 Å².